The molecule has 0 heterocycles. The van der Waals surface area contributed by atoms with Crippen molar-refractivity contribution in [3.05, 3.63) is 0 Å². The minimum Gasteiger partial charge on any atom is -0.354 e. The Hall–Kier alpha value is -1.59. The number of unbranched alkanes of at least 4 members (excludes halogenated alkanes) is 2. The van der Waals surface area contributed by atoms with Crippen LogP contribution >= 0.6 is 0 Å². The van der Waals surface area contributed by atoms with Crippen LogP contribution in [-0.4, -0.2) is 35.8 Å². The van der Waals surface area contributed by atoms with Gasteiger partial charge in [0.2, 0.25) is 17.7 Å². The van der Waals surface area contributed by atoms with Crippen LogP contribution in [0.3, 0.4) is 0 Å². The summed E-state index contributed by atoms with van der Waals surface area (Å²) in [5, 5.41) is 9.40. The molecule has 6 unspecified atom stereocenters. The Kier molecular flexibility index (Phi) is 12.3. The molecular weight excluding hydrogens is 414 g/mol. The third-order valence-corrected chi connectivity index (χ3v) is 7.78. The second-order valence-corrected chi connectivity index (χ2v) is 10.9. The summed E-state index contributed by atoms with van der Waals surface area (Å²) in [7, 11) is 0. The zero-order valence-corrected chi connectivity index (χ0v) is 21.6. The van der Waals surface area contributed by atoms with Crippen LogP contribution in [0.4, 0.5) is 0 Å². The van der Waals surface area contributed by atoms with Crippen molar-refractivity contribution in [2.24, 2.45) is 17.8 Å². The van der Waals surface area contributed by atoms with Crippen LogP contribution < -0.4 is 16.0 Å². The normalized spacial score (nSPS) is 27.3. The van der Waals surface area contributed by atoms with Gasteiger partial charge in [0.1, 0.15) is 0 Å². The second kappa shape index (κ2) is 14.6. The van der Waals surface area contributed by atoms with Gasteiger partial charge < -0.3 is 16.0 Å². The fourth-order valence-electron chi connectivity index (χ4n) is 5.44. The minimum absolute atomic E-state index is 0.0681. The number of nitrogens with one attached hydrogen (secondary N) is 3. The maximum absolute atomic E-state index is 13.2. The first-order chi connectivity index (χ1) is 15.8. The zero-order chi connectivity index (χ0) is 24.2. The Balaban J connectivity index is 1.96. The summed E-state index contributed by atoms with van der Waals surface area (Å²) < 4.78 is 0. The van der Waals surface area contributed by atoms with Gasteiger partial charge in [-0.15, -0.1) is 0 Å². The maximum Gasteiger partial charge on any atom is 0.224 e. The van der Waals surface area contributed by atoms with Crippen LogP contribution in [0.1, 0.15) is 118 Å². The number of amides is 3. The standard InChI is InChI=1S/C27H49N3O3/c1-5-6-7-14-21(4)28-25(31)17-22(27(33)30-24-16-11-9-13-20(24)3)18-26(32)29-23-15-10-8-12-19(23)2/h19-24H,5-18H2,1-4H3,(H,28,31)(H,29,32)(H,30,33). The molecule has 2 fully saturated rings. The van der Waals surface area contributed by atoms with E-state index in [0.29, 0.717) is 11.8 Å². The first kappa shape index (κ1) is 27.7. The molecule has 0 aromatic carbocycles. The van der Waals surface area contributed by atoms with E-state index in [1.165, 1.54) is 12.8 Å². The van der Waals surface area contributed by atoms with Crippen molar-refractivity contribution in [1.29, 1.82) is 0 Å². The molecule has 2 aliphatic carbocycles. The highest BCUT2D eigenvalue weighted by atomic mass is 16.2. The van der Waals surface area contributed by atoms with Gasteiger partial charge in [0, 0.05) is 31.0 Å². The van der Waals surface area contributed by atoms with E-state index in [-0.39, 0.29) is 48.7 Å². The predicted octanol–water partition coefficient (Wildman–Crippen LogP) is 4.86. The van der Waals surface area contributed by atoms with Gasteiger partial charge in [0.15, 0.2) is 0 Å². The van der Waals surface area contributed by atoms with Crippen molar-refractivity contribution in [2.45, 2.75) is 136 Å². The van der Waals surface area contributed by atoms with Gasteiger partial charge in [-0.05, 0) is 50.9 Å². The average Bonchev–Trinajstić information content (AvgIpc) is 2.76. The molecule has 6 atom stereocenters. The van der Waals surface area contributed by atoms with Crippen molar-refractivity contribution in [3.63, 3.8) is 0 Å². The van der Waals surface area contributed by atoms with E-state index in [2.05, 4.69) is 36.7 Å². The van der Waals surface area contributed by atoms with Crippen LogP contribution in [0, 0.1) is 17.8 Å². The highest BCUT2D eigenvalue weighted by molar-refractivity contribution is 5.90. The minimum atomic E-state index is -0.624. The summed E-state index contributed by atoms with van der Waals surface area (Å²) in [5.41, 5.74) is 0. The molecule has 0 aliphatic heterocycles. The molecule has 33 heavy (non-hydrogen) atoms. The lowest BCUT2D eigenvalue weighted by Crippen LogP contribution is -2.47. The molecule has 0 bridgehead atoms. The number of rotatable bonds is 12. The number of carbonyl (C=O) groups is 3. The summed E-state index contributed by atoms with van der Waals surface area (Å²) >= 11 is 0. The van der Waals surface area contributed by atoms with Crippen LogP contribution in [0.5, 0.6) is 0 Å². The molecular formula is C27H49N3O3. The SMILES string of the molecule is CCCCCC(C)NC(=O)CC(CC(=O)NC1CCCCC1C)C(=O)NC1CCCCC1C. The lowest BCUT2D eigenvalue weighted by atomic mass is 9.85. The molecule has 190 valence electrons. The number of carbonyl (C=O) groups excluding carboxylic acids is 3. The Bertz CT molecular complexity index is 624. The predicted molar refractivity (Wildman–Crippen MR) is 134 cm³/mol. The van der Waals surface area contributed by atoms with E-state index in [1.54, 1.807) is 0 Å². The summed E-state index contributed by atoms with van der Waals surface area (Å²) in [6.07, 6.45) is 13.4. The van der Waals surface area contributed by atoms with E-state index in [4.69, 9.17) is 0 Å². The second-order valence-electron chi connectivity index (χ2n) is 10.9. The molecule has 2 saturated carbocycles. The first-order valence-electron chi connectivity index (χ1n) is 13.7. The van der Waals surface area contributed by atoms with Crippen molar-refractivity contribution in [1.82, 2.24) is 16.0 Å². The fraction of sp³-hybridized carbons (Fsp3) is 0.889. The highest BCUT2D eigenvalue weighted by Gasteiger charge is 2.31. The summed E-state index contributed by atoms with van der Waals surface area (Å²) in [5.74, 6) is -0.0997. The average molecular weight is 464 g/mol. The Labute approximate surface area is 201 Å². The Morgan fingerprint density at radius 3 is 1.91 bits per heavy atom. The molecule has 3 amide bonds. The summed E-state index contributed by atoms with van der Waals surface area (Å²) in [6.45, 7) is 8.55. The van der Waals surface area contributed by atoms with Gasteiger partial charge in [0.25, 0.3) is 0 Å². The molecule has 6 nitrogen and oxygen atoms in total. The zero-order valence-electron chi connectivity index (χ0n) is 21.6. The van der Waals surface area contributed by atoms with Gasteiger partial charge in [-0.2, -0.15) is 0 Å². The van der Waals surface area contributed by atoms with Crippen molar-refractivity contribution < 1.29 is 14.4 Å². The summed E-state index contributed by atoms with van der Waals surface area (Å²) in [4.78, 5) is 38.9. The van der Waals surface area contributed by atoms with E-state index in [1.807, 2.05) is 6.92 Å². The number of hydrogen-bond acceptors (Lipinski definition) is 3. The van der Waals surface area contributed by atoms with E-state index < -0.39 is 5.92 Å². The van der Waals surface area contributed by atoms with Crippen molar-refractivity contribution in [3.8, 4) is 0 Å². The molecule has 0 spiro atoms. The molecule has 0 saturated heterocycles. The lowest BCUT2D eigenvalue weighted by Gasteiger charge is -2.32. The molecule has 6 heteroatoms. The highest BCUT2D eigenvalue weighted by Crippen LogP contribution is 2.26. The fourth-order valence-corrected chi connectivity index (χ4v) is 5.44. The largest absolute Gasteiger partial charge is 0.354 e. The molecule has 2 rings (SSSR count). The van der Waals surface area contributed by atoms with Crippen LogP contribution in [0.25, 0.3) is 0 Å². The van der Waals surface area contributed by atoms with Gasteiger partial charge in [-0.1, -0.05) is 65.7 Å². The quantitative estimate of drug-likeness (QED) is 0.361. The molecule has 0 aromatic heterocycles. The first-order valence-corrected chi connectivity index (χ1v) is 13.7. The van der Waals surface area contributed by atoms with Crippen LogP contribution in [0.15, 0.2) is 0 Å². The summed E-state index contributed by atoms with van der Waals surface area (Å²) in [6, 6.07) is 0.412. The third-order valence-electron chi connectivity index (χ3n) is 7.78. The van der Waals surface area contributed by atoms with Crippen LogP contribution in [-0.2, 0) is 14.4 Å². The van der Waals surface area contributed by atoms with Gasteiger partial charge >= 0.3 is 0 Å². The Morgan fingerprint density at radius 2 is 1.33 bits per heavy atom. The molecule has 0 radical (unpaired) electrons. The van der Waals surface area contributed by atoms with Gasteiger partial charge in [0.05, 0.1) is 5.92 Å². The number of hydrogen-bond donors (Lipinski definition) is 3. The van der Waals surface area contributed by atoms with Crippen LogP contribution in [0.2, 0.25) is 0 Å². The smallest absolute Gasteiger partial charge is 0.224 e. The molecule has 3 N–H and O–H groups in total. The Morgan fingerprint density at radius 1 is 0.788 bits per heavy atom. The maximum atomic E-state index is 13.2. The van der Waals surface area contributed by atoms with Crippen molar-refractivity contribution >= 4 is 17.7 Å². The van der Waals surface area contributed by atoms with Gasteiger partial charge in [-0.3, -0.25) is 14.4 Å². The van der Waals surface area contributed by atoms with E-state index in [0.717, 1.165) is 64.2 Å². The van der Waals surface area contributed by atoms with Crippen molar-refractivity contribution in [2.75, 3.05) is 0 Å². The van der Waals surface area contributed by atoms with E-state index in [9.17, 15) is 14.4 Å². The van der Waals surface area contributed by atoms with Gasteiger partial charge in [-0.25, -0.2) is 0 Å². The molecule has 0 aromatic rings. The molecule has 2 aliphatic rings. The topological polar surface area (TPSA) is 87.3 Å². The van der Waals surface area contributed by atoms with E-state index >= 15 is 0 Å². The third kappa shape index (κ3) is 10.1. The monoisotopic (exact) mass is 463 g/mol. The lowest BCUT2D eigenvalue weighted by molar-refractivity contribution is -0.134.